The minimum Gasteiger partial charge on any atom is -0.378 e. The molecule has 0 spiro atoms. The number of H-pyrrole nitrogens is 2. The van der Waals surface area contributed by atoms with Gasteiger partial charge in [-0.3, -0.25) is 0 Å². The molecule has 4 heteroatoms. The van der Waals surface area contributed by atoms with Gasteiger partial charge >= 0.3 is 5.69 Å². The van der Waals surface area contributed by atoms with Crippen molar-refractivity contribution < 1.29 is 0 Å². The quantitative estimate of drug-likeness (QED) is 0.667. The summed E-state index contributed by atoms with van der Waals surface area (Å²) in [5.41, 5.74) is 5.37. The first-order valence-corrected chi connectivity index (χ1v) is 6.86. The largest absolute Gasteiger partial charge is 0.378 e. The molecular formula is C16H15N3O. The number of aryl methyl sites for hydroxylation is 1. The van der Waals surface area contributed by atoms with Crippen LogP contribution in [0.4, 0.5) is 5.69 Å². The fraction of sp³-hybridized carbons (Fsp3) is 0.188. The van der Waals surface area contributed by atoms with Crippen LogP contribution in [0.3, 0.4) is 0 Å². The summed E-state index contributed by atoms with van der Waals surface area (Å²) in [6.07, 6.45) is 2.23. The lowest BCUT2D eigenvalue weighted by Gasteiger charge is -2.15. The Bertz CT molecular complexity index is 831. The SMILES string of the molecule is O=c1[nH]c2ccc(NC3CCc4ccccc43)cc2[nH]1. The predicted molar refractivity (Wildman–Crippen MR) is 80.0 cm³/mol. The second-order valence-electron chi connectivity index (χ2n) is 5.27. The number of aromatic amines is 2. The lowest BCUT2D eigenvalue weighted by Crippen LogP contribution is -2.06. The molecule has 1 heterocycles. The molecule has 4 nitrogen and oxygen atoms in total. The van der Waals surface area contributed by atoms with E-state index in [-0.39, 0.29) is 5.69 Å². The molecule has 2 aromatic carbocycles. The molecule has 0 bridgehead atoms. The van der Waals surface area contributed by atoms with Crippen LogP contribution in [0, 0.1) is 0 Å². The van der Waals surface area contributed by atoms with E-state index in [1.165, 1.54) is 11.1 Å². The minimum atomic E-state index is -0.164. The van der Waals surface area contributed by atoms with Gasteiger partial charge in [0, 0.05) is 5.69 Å². The number of aromatic nitrogens is 2. The van der Waals surface area contributed by atoms with Crippen molar-refractivity contribution in [3.05, 3.63) is 64.1 Å². The van der Waals surface area contributed by atoms with Crippen LogP contribution in [-0.4, -0.2) is 9.97 Å². The zero-order chi connectivity index (χ0) is 13.5. The molecule has 1 unspecified atom stereocenters. The highest BCUT2D eigenvalue weighted by Gasteiger charge is 2.21. The number of nitrogens with one attached hydrogen (secondary N) is 3. The topological polar surface area (TPSA) is 60.7 Å². The van der Waals surface area contributed by atoms with Crippen LogP contribution in [0.15, 0.2) is 47.3 Å². The molecule has 20 heavy (non-hydrogen) atoms. The fourth-order valence-electron chi connectivity index (χ4n) is 3.03. The third-order valence-corrected chi connectivity index (χ3v) is 3.99. The Morgan fingerprint density at radius 3 is 2.85 bits per heavy atom. The van der Waals surface area contributed by atoms with Gasteiger partial charge in [-0.25, -0.2) is 4.79 Å². The number of benzene rings is 2. The van der Waals surface area contributed by atoms with Gasteiger partial charge in [-0.2, -0.15) is 0 Å². The maximum atomic E-state index is 11.3. The van der Waals surface area contributed by atoms with Crippen LogP contribution in [-0.2, 0) is 6.42 Å². The second kappa shape index (κ2) is 4.27. The Hall–Kier alpha value is -2.49. The number of rotatable bonds is 2. The van der Waals surface area contributed by atoms with Crippen molar-refractivity contribution in [2.75, 3.05) is 5.32 Å². The Balaban J connectivity index is 1.66. The van der Waals surface area contributed by atoms with Gasteiger partial charge in [0.2, 0.25) is 0 Å². The Kier molecular flexibility index (Phi) is 2.42. The normalized spacial score (nSPS) is 17.3. The summed E-state index contributed by atoms with van der Waals surface area (Å²) in [7, 11) is 0. The molecule has 0 fully saturated rings. The van der Waals surface area contributed by atoms with E-state index in [1.54, 1.807) is 0 Å². The van der Waals surface area contributed by atoms with E-state index in [9.17, 15) is 4.79 Å². The van der Waals surface area contributed by atoms with Crippen molar-refractivity contribution in [3.63, 3.8) is 0 Å². The van der Waals surface area contributed by atoms with Gasteiger partial charge in [0.15, 0.2) is 0 Å². The van der Waals surface area contributed by atoms with E-state index < -0.39 is 0 Å². The first kappa shape index (κ1) is 11.3. The van der Waals surface area contributed by atoms with E-state index in [0.717, 1.165) is 29.6 Å². The third kappa shape index (κ3) is 1.81. The lowest BCUT2D eigenvalue weighted by atomic mass is 10.1. The van der Waals surface area contributed by atoms with Gasteiger partial charge in [-0.15, -0.1) is 0 Å². The average molecular weight is 265 g/mol. The lowest BCUT2D eigenvalue weighted by molar-refractivity contribution is 0.762. The van der Waals surface area contributed by atoms with Crippen LogP contribution in [0.1, 0.15) is 23.6 Å². The molecular weight excluding hydrogens is 250 g/mol. The highest BCUT2D eigenvalue weighted by Crippen LogP contribution is 2.33. The van der Waals surface area contributed by atoms with Crippen molar-refractivity contribution in [3.8, 4) is 0 Å². The monoisotopic (exact) mass is 265 g/mol. The number of fused-ring (bicyclic) bond motifs is 2. The van der Waals surface area contributed by atoms with E-state index in [4.69, 9.17) is 0 Å². The average Bonchev–Trinajstić information content (AvgIpc) is 3.02. The summed E-state index contributed by atoms with van der Waals surface area (Å²) in [6.45, 7) is 0. The standard InChI is InChI=1S/C16H15N3O/c20-16-18-14-8-6-11(9-15(14)19-16)17-13-7-5-10-3-1-2-4-12(10)13/h1-4,6,8-9,13,17H,5,7H2,(H2,18,19,20). The van der Waals surface area contributed by atoms with Crippen LogP contribution >= 0.6 is 0 Å². The first-order chi connectivity index (χ1) is 9.79. The van der Waals surface area contributed by atoms with E-state index in [2.05, 4.69) is 39.6 Å². The molecule has 0 radical (unpaired) electrons. The van der Waals surface area contributed by atoms with Gasteiger partial charge in [0.25, 0.3) is 0 Å². The number of hydrogen-bond donors (Lipinski definition) is 3. The Morgan fingerprint density at radius 1 is 1.05 bits per heavy atom. The highest BCUT2D eigenvalue weighted by molar-refractivity contribution is 5.78. The Labute approximate surface area is 115 Å². The number of imidazole rings is 1. The molecule has 0 amide bonds. The summed E-state index contributed by atoms with van der Waals surface area (Å²) in [4.78, 5) is 16.8. The zero-order valence-corrected chi connectivity index (χ0v) is 10.9. The molecule has 4 rings (SSSR count). The molecule has 0 saturated carbocycles. The van der Waals surface area contributed by atoms with Crippen LogP contribution in [0.5, 0.6) is 0 Å². The third-order valence-electron chi connectivity index (χ3n) is 3.99. The van der Waals surface area contributed by atoms with Gasteiger partial charge in [0.1, 0.15) is 0 Å². The summed E-state index contributed by atoms with van der Waals surface area (Å²) in [5.74, 6) is 0. The van der Waals surface area contributed by atoms with Crippen molar-refractivity contribution in [1.82, 2.24) is 9.97 Å². The summed E-state index contributed by atoms with van der Waals surface area (Å²) < 4.78 is 0. The first-order valence-electron chi connectivity index (χ1n) is 6.86. The van der Waals surface area contributed by atoms with Crippen molar-refractivity contribution >= 4 is 16.7 Å². The molecule has 1 aromatic heterocycles. The number of hydrogen-bond acceptors (Lipinski definition) is 2. The van der Waals surface area contributed by atoms with Crippen molar-refractivity contribution in [2.24, 2.45) is 0 Å². The van der Waals surface area contributed by atoms with Crippen LogP contribution in [0.25, 0.3) is 11.0 Å². The molecule has 3 N–H and O–H groups in total. The molecule has 1 aliphatic rings. The second-order valence-corrected chi connectivity index (χ2v) is 5.27. The molecule has 0 aliphatic heterocycles. The fourth-order valence-corrected chi connectivity index (χ4v) is 3.03. The van der Waals surface area contributed by atoms with E-state index >= 15 is 0 Å². The molecule has 1 aliphatic carbocycles. The summed E-state index contributed by atoms with van der Waals surface area (Å²) in [5, 5.41) is 3.56. The summed E-state index contributed by atoms with van der Waals surface area (Å²) >= 11 is 0. The van der Waals surface area contributed by atoms with Crippen molar-refractivity contribution in [2.45, 2.75) is 18.9 Å². The van der Waals surface area contributed by atoms with Gasteiger partial charge in [0.05, 0.1) is 17.1 Å². The van der Waals surface area contributed by atoms with Gasteiger partial charge in [-0.05, 0) is 42.2 Å². The predicted octanol–water partition coefficient (Wildman–Crippen LogP) is 2.96. The maximum absolute atomic E-state index is 11.3. The smallest absolute Gasteiger partial charge is 0.323 e. The molecule has 3 aromatic rings. The minimum absolute atomic E-state index is 0.164. The maximum Gasteiger partial charge on any atom is 0.323 e. The number of anilines is 1. The van der Waals surface area contributed by atoms with Crippen LogP contribution < -0.4 is 11.0 Å². The van der Waals surface area contributed by atoms with Crippen molar-refractivity contribution in [1.29, 1.82) is 0 Å². The van der Waals surface area contributed by atoms with E-state index in [1.807, 2.05) is 18.2 Å². The van der Waals surface area contributed by atoms with Crippen LogP contribution in [0.2, 0.25) is 0 Å². The summed E-state index contributed by atoms with van der Waals surface area (Å²) in [6, 6.07) is 14.8. The van der Waals surface area contributed by atoms with Gasteiger partial charge in [-0.1, -0.05) is 24.3 Å². The molecule has 1 atom stereocenters. The van der Waals surface area contributed by atoms with Gasteiger partial charge < -0.3 is 15.3 Å². The zero-order valence-electron chi connectivity index (χ0n) is 10.9. The Morgan fingerprint density at radius 2 is 1.90 bits per heavy atom. The molecule has 100 valence electrons. The van der Waals surface area contributed by atoms with E-state index in [0.29, 0.717) is 6.04 Å². The molecule has 0 saturated heterocycles. The highest BCUT2D eigenvalue weighted by atomic mass is 16.1.